The van der Waals surface area contributed by atoms with Crippen LogP contribution >= 0.6 is 0 Å². The Balaban J connectivity index is 1.49. The van der Waals surface area contributed by atoms with Crippen molar-refractivity contribution in [1.82, 2.24) is 10.7 Å². The quantitative estimate of drug-likeness (QED) is 0.118. The Hall–Kier alpha value is -5.51. The molecule has 4 rings (SSSR count). The highest BCUT2D eigenvalue weighted by Crippen LogP contribution is 2.38. The van der Waals surface area contributed by atoms with E-state index < -0.39 is 22.8 Å². The second-order valence-corrected chi connectivity index (χ2v) is 10.3. The smallest absolute Gasteiger partial charge is 0.315 e. The molecule has 0 heterocycles. The van der Waals surface area contributed by atoms with Crippen molar-refractivity contribution in [1.29, 1.82) is 0 Å². The summed E-state index contributed by atoms with van der Waals surface area (Å²) in [6.07, 6.45) is 1.27. The van der Waals surface area contributed by atoms with E-state index in [1.807, 2.05) is 105 Å². The molecule has 0 saturated heterocycles. The van der Waals surface area contributed by atoms with Gasteiger partial charge in [-0.1, -0.05) is 105 Å². The summed E-state index contributed by atoms with van der Waals surface area (Å²) in [6.45, 7) is 3.74. The minimum absolute atomic E-state index is 0.0171. The van der Waals surface area contributed by atoms with E-state index in [0.29, 0.717) is 5.56 Å². The largest absolute Gasteiger partial charge is 0.493 e. The highest BCUT2D eigenvalue weighted by Gasteiger charge is 2.29. The summed E-state index contributed by atoms with van der Waals surface area (Å²) in [4.78, 5) is 38.1. The number of rotatable bonds is 13. The number of carbonyl (C=O) groups is 2. The lowest BCUT2D eigenvalue weighted by atomic mass is 9.89. The Bertz CT molecular complexity index is 1560. The molecule has 10 heteroatoms. The molecule has 2 amide bonds. The summed E-state index contributed by atoms with van der Waals surface area (Å²) in [7, 11) is 1.38. The second-order valence-electron chi connectivity index (χ2n) is 10.3. The maximum Gasteiger partial charge on any atom is 0.315 e. The van der Waals surface area contributed by atoms with Gasteiger partial charge in [0, 0.05) is 11.6 Å². The monoisotopic (exact) mass is 594 g/mol. The van der Waals surface area contributed by atoms with Crippen LogP contribution in [0, 0.1) is 16.0 Å². The number of nitrogens with one attached hydrogen (secondary N) is 2. The molecule has 4 aromatic carbocycles. The highest BCUT2D eigenvalue weighted by molar-refractivity contribution is 5.93. The lowest BCUT2D eigenvalue weighted by Gasteiger charge is -2.24. The van der Waals surface area contributed by atoms with E-state index >= 15 is 0 Å². The first-order valence-electron chi connectivity index (χ1n) is 14.0. The van der Waals surface area contributed by atoms with Gasteiger partial charge in [0.1, 0.15) is 12.6 Å². The minimum atomic E-state index is -0.896. The molecular formula is C34H34N4O6. The van der Waals surface area contributed by atoms with Gasteiger partial charge in [-0.05, 0) is 28.7 Å². The zero-order valence-electron chi connectivity index (χ0n) is 24.7. The third-order valence-corrected chi connectivity index (χ3v) is 6.86. The number of hydrazone groups is 1. The van der Waals surface area contributed by atoms with Crippen LogP contribution in [0.4, 0.5) is 5.69 Å². The van der Waals surface area contributed by atoms with Crippen molar-refractivity contribution >= 4 is 23.7 Å². The Morgan fingerprint density at radius 2 is 1.45 bits per heavy atom. The van der Waals surface area contributed by atoms with E-state index in [4.69, 9.17) is 9.47 Å². The molecule has 0 unspecified atom stereocenters. The van der Waals surface area contributed by atoms with E-state index in [2.05, 4.69) is 15.8 Å². The van der Waals surface area contributed by atoms with Crippen molar-refractivity contribution in [3.8, 4) is 11.5 Å². The normalized spacial score (nSPS) is 11.8. The molecule has 2 N–H and O–H groups in total. The van der Waals surface area contributed by atoms with E-state index in [9.17, 15) is 19.7 Å². The lowest BCUT2D eigenvalue weighted by molar-refractivity contribution is -0.386. The molecule has 44 heavy (non-hydrogen) atoms. The maximum absolute atomic E-state index is 13.6. The molecule has 1 atom stereocenters. The number of carbonyl (C=O) groups excluding carboxylic acids is 2. The fourth-order valence-electron chi connectivity index (χ4n) is 4.64. The molecule has 0 spiro atoms. The predicted octanol–water partition coefficient (Wildman–Crippen LogP) is 5.61. The molecule has 0 saturated carbocycles. The molecule has 0 aliphatic carbocycles. The summed E-state index contributed by atoms with van der Waals surface area (Å²) < 4.78 is 11.1. The van der Waals surface area contributed by atoms with E-state index in [1.54, 1.807) is 0 Å². The van der Waals surface area contributed by atoms with Gasteiger partial charge in [0.2, 0.25) is 11.7 Å². The number of nitro benzene ring substituents is 1. The van der Waals surface area contributed by atoms with E-state index in [0.717, 1.165) is 16.7 Å². The van der Waals surface area contributed by atoms with Crippen molar-refractivity contribution in [2.75, 3.05) is 7.11 Å². The van der Waals surface area contributed by atoms with Crippen molar-refractivity contribution in [2.24, 2.45) is 11.0 Å². The summed E-state index contributed by atoms with van der Waals surface area (Å²) in [5.41, 5.74) is 4.88. The average molecular weight is 595 g/mol. The van der Waals surface area contributed by atoms with Crippen LogP contribution in [0.15, 0.2) is 108 Å². The number of hydrogen-bond acceptors (Lipinski definition) is 7. The van der Waals surface area contributed by atoms with Crippen LogP contribution in [0.3, 0.4) is 0 Å². The van der Waals surface area contributed by atoms with Crippen LogP contribution in [-0.4, -0.2) is 36.1 Å². The molecule has 10 nitrogen and oxygen atoms in total. The second kappa shape index (κ2) is 15.1. The first-order valence-corrected chi connectivity index (χ1v) is 14.0. The van der Waals surface area contributed by atoms with E-state index in [1.165, 1.54) is 25.5 Å². The summed E-state index contributed by atoms with van der Waals surface area (Å²) in [6, 6.07) is 29.8. The first-order chi connectivity index (χ1) is 21.3. The number of benzene rings is 4. The van der Waals surface area contributed by atoms with Gasteiger partial charge in [-0.15, -0.1) is 0 Å². The third-order valence-electron chi connectivity index (χ3n) is 6.86. The number of nitro groups is 1. The van der Waals surface area contributed by atoms with Gasteiger partial charge in [-0.25, -0.2) is 5.43 Å². The van der Waals surface area contributed by atoms with Crippen LogP contribution in [-0.2, 0) is 16.2 Å². The Labute approximate surface area is 255 Å². The van der Waals surface area contributed by atoms with Gasteiger partial charge in [-0.2, -0.15) is 5.10 Å². The zero-order chi connectivity index (χ0) is 31.5. The van der Waals surface area contributed by atoms with Crippen LogP contribution in [0.2, 0.25) is 0 Å². The first kappa shape index (κ1) is 31.4. The summed E-state index contributed by atoms with van der Waals surface area (Å²) in [5.74, 6) is -1.62. The van der Waals surface area contributed by atoms with E-state index in [-0.39, 0.29) is 35.6 Å². The topological polar surface area (TPSA) is 132 Å². The molecule has 0 aliphatic rings. The van der Waals surface area contributed by atoms with Crippen molar-refractivity contribution in [3.63, 3.8) is 0 Å². The van der Waals surface area contributed by atoms with Crippen LogP contribution in [0.1, 0.15) is 42.0 Å². The maximum atomic E-state index is 13.6. The molecule has 0 aromatic heterocycles. The van der Waals surface area contributed by atoms with Gasteiger partial charge < -0.3 is 14.8 Å². The standard InChI is InChI=1S/C34H34N4O6/c1-23(2)31(36-33(39)30(26-15-9-5-10-16-26)27-17-11-6-12-18-27)34(40)37-35-21-25-19-28(38(41)42)32(29(20-25)43-3)44-22-24-13-7-4-8-14-24/h4-21,23,30-31H,22H2,1-3H3,(H,36,39)(H,37,40)/b35-21-/t31-/m0/s1. The summed E-state index contributed by atoms with van der Waals surface area (Å²) >= 11 is 0. The van der Waals surface area contributed by atoms with Crippen LogP contribution in [0.25, 0.3) is 0 Å². The molecule has 0 radical (unpaired) electrons. The van der Waals surface area contributed by atoms with Gasteiger partial charge >= 0.3 is 5.69 Å². The van der Waals surface area contributed by atoms with Gasteiger partial charge in [0.05, 0.1) is 24.2 Å². The predicted molar refractivity (Wildman–Crippen MR) is 168 cm³/mol. The van der Waals surface area contributed by atoms with Crippen molar-refractivity contribution in [2.45, 2.75) is 32.4 Å². The van der Waals surface area contributed by atoms with Crippen molar-refractivity contribution < 1.29 is 24.0 Å². The lowest BCUT2D eigenvalue weighted by Crippen LogP contribution is -2.50. The zero-order valence-corrected chi connectivity index (χ0v) is 24.7. The van der Waals surface area contributed by atoms with Gasteiger partial charge in [-0.3, -0.25) is 19.7 Å². The van der Waals surface area contributed by atoms with Crippen molar-refractivity contribution in [3.05, 3.63) is 135 Å². The SMILES string of the molecule is COc1cc(/C=N\NC(=O)[C@@H](NC(=O)C(c2ccccc2)c2ccccc2)C(C)C)cc([N+](=O)[O-])c1OCc1ccccc1. The number of methoxy groups -OCH3 is 1. The number of ether oxygens (including phenoxy) is 2. The molecule has 4 aromatic rings. The summed E-state index contributed by atoms with van der Waals surface area (Å²) in [5, 5.41) is 18.8. The highest BCUT2D eigenvalue weighted by atomic mass is 16.6. The van der Waals surface area contributed by atoms with Gasteiger partial charge in [0.25, 0.3) is 5.91 Å². The molecular weight excluding hydrogens is 560 g/mol. The van der Waals surface area contributed by atoms with Crippen LogP contribution < -0.4 is 20.2 Å². The molecule has 226 valence electrons. The molecule has 0 fully saturated rings. The third kappa shape index (κ3) is 8.07. The molecule has 0 bridgehead atoms. The average Bonchev–Trinajstić information content (AvgIpc) is 3.04. The fraction of sp³-hybridized carbons (Fsp3) is 0.206. The fourth-order valence-corrected chi connectivity index (χ4v) is 4.64. The van der Waals surface area contributed by atoms with Gasteiger partial charge in [0.15, 0.2) is 5.75 Å². The number of amides is 2. The Morgan fingerprint density at radius 3 is 1.98 bits per heavy atom. The van der Waals surface area contributed by atoms with Crippen LogP contribution in [0.5, 0.6) is 11.5 Å². The minimum Gasteiger partial charge on any atom is -0.493 e. The Morgan fingerprint density at radius 1 is 0.886 bits per heavy atom. The Kier molecular flexibility index (Phi) is 10.8. The molecule has 0 aliphatic heterocycles. The number of hydrogen-bond donors (Lipinski definition) is 2. The number of nitrogens with zero attached hydrogens (tertiary/aromatic N) is 2.